The summed E-state index contributed by atoms with van der Waals surface area (Å²) in [6.07, 6.45) is 3.72. The number of nitrogens with one attached hydrogen (secondary N) is 2. The molecule has 2 heterocycles. The van der Waals surface area contributed by atoms with Gasteiger partial charge in [-0.2, -0.15) is 0 Å². The van der Waals surface area contributed by atoms with E-state index < -0.39 is 0 Å². The molecule has 2 N–H and O–H groups in total. The lowest BCUT2D eigenvalue weighted by Gasteiger charge is -2.12. The van der Waals surface area contributed by atoms with E-state index in [0.29, 0.717) is 18.9 Å². The molecule has 2 rings (SSSR count). The van der Waals surface area contributed by atoms with Gasteiger partial charge in [0.25, 0.3) is 0 Å². The third-order valence-corrected chi connectivity index (χ3v) is 3.60. The average molecular weight is 276 g/mol. The number of rotatable bonds is 6. The summed E-state index contributed by atoms with van der Waals surface area (Å²) in [5.41, 5.74) is 0. The van der Waals surface area contributed by atoms with E-state index in [9.17, 15) is 4.79 Å². The van der Waals surface area contributed by atoms with E-state index in [1.54, 1.807) is 29.8 Å². The number of aromatic nitrogens is 2. The van der Waals surface area contributed by atoms with Gasteiger partial charge in [-0.25, -0.2) is 9.97 Å². The molecule has 1 amide bonds. The Hall–Kier alpha value is -1.95. The summed E-state index contributed by atoms with van der Waals surface area (Å²) >= 11 is 1.64. The maximum absolute atomic E-state index is 11.8. The molecule has 0 radical (unpaired) electrons. The van der Waals surface area contributed by atoms with Crippen LogP contribution >= 0.6 is 11.3 Å². The molecule has 0 aliphatic carbocycles. The Morgan fingerprint density at radius 2 is 2.16 bits per heavy atom. The minimum atomic E-state index is 0.0179. The van der Waals surface area contributed by atoms with Crippen molar-refractivity contribution in [1.82, 2.24) is 15.3 Å². The molecule has 5 nitrogen and oxygen atoms in total. The van der Waals surface area contributed by atoms with Gasteiger partial charge in [-0.05, 0) is 24.4 Å². The van der Waals surface area contributed by atoms with Crippen LogP contribution in [0.1, 0.15) is 24.3 Å². The van der Waals surface area contributed by atoms with Gasteiger partial charge < -0.3 is 10.6 Å². The second kappa shape index (κ2) is 6.84. The zero-order valence-corrected chi connectivity index (χ0v) is 11.5. The second-order valence-electron chi connectivity index (χ2n) is 4.05. The first-order valence-electron chi connectivity index (χ1n) is 6.09. The molecule has 0 saturated carbocycles. The van der Waals surface area contributed by atoms with Gasteiger partial charge in [0, 0.05) is 30.2 Å². The predicted octanol–water partition coefficient (Wildman–Crippen LogP) is 2.22. The molecule has 0 aliphatic rings. The molecule has 0 bridgehead atoms. The van der Waals surface area contributed by atoms with Gasteiger partial charge >= 0.3 is 0 Å². The van der Waals surface area contributed by atoms with Crippen LogP contribution in [0.5, 0.6) is 0 Å². The summed E-state index contributed by atoms with van der Waals surface area (Å²) in [6, 6.07) is 5.81. The standard InChI is InChI=1S/C13H16N4OS/c1-10(11-4-2-9-19-11)17-12(18)5-8-16-13-14-6-3-7-15-13/h2-4,6-7,9-10H,5,8H2,1H3,(H,17,18)(H,14,15,16)/t10-/m0/s1. The molecule has 2 aromatic heterocycles. The number of carbonyl (C=O) groups is 1. The van der Waals surface area contributed by atoms with Crippen molar-refractivity contribution in [3.05, 3.63) is 40.8 Å². The normalized spacial score (nSPS) is 11.8. The predicted molar refractivity (Wildman–Crippen MR) is 76.0 cm³/mol. The lowest BCUT2D eigenvalue weighted by molar-refractivity contribution is -0.121. The Balaban J connectivity index is 1.70. The zero-order chi connectivity index (χ0) is 13.5. The van der Waals surface area contributed by atoms with Gasteiger partial charge in [-0.3, -0.25) is 4.79 Å². The minimum Gasteiger partial charge on any atom is -0.354 e. The molecule has 100 valence electrons. The van der Waals surface area contributed by atoms with Crippen LogP contribution in [0.4, 0.5) is 5.95 Å². The monoisotopic (exact) mass is 276 g/mol. The Morgan fingerprint density at radius 1 is 1.37 bits per heavy atom. The van der Waals surface area contributed by atoms with Crippen molar-refractivity contribution in [3.8, 4) is 0 Å². The fourth-order valence-electron chi connectivity index (χ4n) is 1.60. The quantitative estimate of drug-likeness (QED) is 0.849. The van der Waals surface area contributed by atoms with E-state index >= 15 is 0 Å². The Morgan fingerprint density at radius 3 is 2.84 bits per heavy atom. The van der Waals surface area contributed by atoms with Crippen LogP contribution in [-0.2, 0) is 4.79 Å². The summed E-state index contributed by atoms with van der Waals surface area (Å²) in [5.74, 6) is 0.561. The van der Waals surface area contributed by atoms with Crippen molar-refractivity contribution in [2.45, 2.75) is 19.4 Å². The topological polar surface area (TPSA) is 66.9 Å². The number of carbonyl (C=O) groups excluding carboxylic acids is 1. The van der Waals surface area contributed by atoms with E-state index in [4.69, 9.17) is 0 Å². The van der Waals surface area contributed by atoms with Gasteiger partial charge in [0.05, 0.1) is 6.04 Å². The van der Waals surface area contributed by atoms with Gasteiger partial charge in [-0.15, -0.1) is 11.3 Å². The highest BCUT2D eigenvalue weighted by atomic mass is 32.1. The number of thiophene rings is 1. The third kappa shape index (κ3) is 4.33. The molecule has 2 aromatic rings. The molecule has 0 unspecified atom stereocenters. The number of hydrogen-bond donors (Lipinski definition) is 2. The molecular formula is C13H16N4OS. The molecule has 0 aromatic carbocycles. The summed E-state index contributed by atoms with van der Waals surface area (Å²) in [7, 11) is 0. The van der Waals surface area contributed by atoms with Crippen LogP contribution in [0.3, 0.4) is 0 Å². The highest BCUT2D eigenvalue weighted by Crippen LogP contribution is 2.17. The highest BCUT2D eigenvalue weighted by Gasteiger charge is 2.09. The van der Waals surface area contributed by atoms with E-state index in [0.717, 1.165) is 4.88 Å². The molecular weight excluding hydrogens is 260 g/mol. The molecule has 19 heavy (non-hydrogen) atoms. The Labute approximate surface area is 116 Å². The summed E-state index contributed by atoms with van der Waals surface area (Å²) in [4.78, 5) is 21.0. The van der Waals surface area contributed by atoms with Crippen molar-refractivity contribution >= 4 is 23.2 Å². The first kappa shape index (κ1) is 13.5. The lowest BCUT2D eigenvalue weighted by atomic mass is 10.2. The minimum absolute atomic E-state index is 0.0179. The van der Waals surface area contributed by atoms with Gasteiger partial charge in [0.1, 0.15) is 0 Å². The van der Waals surface area contributed by atoms with Crippen LogP contribution in [0, 0.1) is 0 Å². The van der Waals surface area contributed by atoms with Crippen LogP contribution in [0.15, 0.2) is 36.0 Å². The number of hydrogen-bond acceptors (Lipinski definition) is 5. The fraction of sp³-hybridized carbons (Fsp3) is 0.308. The van der Waals surface area contributed by atoms with Crippen LogP contribution < -0.4 is 10.6 Å². The molecule has 1 atom stereocenters. The van der Waals surface area contributed by atoms with Crippen molar-refractivity contribution in [2.24, 2.45) is 0 Å². The van der Waals surface area contributed by atoms with Crippen molar-refractivity contribution in [1.29, 1.82) is 0 Å². The van der Waals surface area contributed by atoms with Crippen LogP contribution in [0.2, 0.25) is 0 Å². The molecule has 0 saturated heterocycles. The first-order valence-corrected chi connectivity index (χ1v) is 6.97. The molecule has 6 heteroatoms. The van der Waals surface area contributed by atoms with Crippen LogP contribution in [-0.4, -0.2) is 22.4 Å². The fourth-order valence-corrected chi connectivity index (χ4v) is 2.34. The number of amides is 1. The molecule has 0 fully saturated rings. The van der Waals surface area contributed by atoms with E-state index in [1.807, 2.05) is 24.4 Å². The maximum atomic E-state index is 11.8. The second-order valence-corrected chi connectivity index (χ2v) is 5.03. The van der Waals surface area contributed by atoms with Gasteiger partial charge in [0.15, 0.2) is 0 Å². The zero-order valence-electron chi connectivity index (χ0n) is 10.7. The molecule has 0 aliphatic heterocycles. The van der Waals surface area contributed by atoms with Gasteiger partial charge in [0.2, 0.25) is 11.9 Å². The Bertz CT molecular complexity index is 501. The van der Waals surface area contributed by atoms with Gasteiger partial charge in [-0.1, -0.05) is 6.07 Å². The Kier molecular flexibility index (Phi) is 4.85. The highest BCUT2D eigenvalue weighted by molar-refractivity contribution is 7.10. The largest absolute Gasteiger partial charge is 0.354 e. The maximum Gasteiger partial charge on any atom is 0.222 e. The average Bonchev–Trinajstić information content (AvgIpc) is 2.94. The van der Waals surface area contributed by atoms with E-state index in [-0.39, 0.29) is 11.9 Å². The number of anilines is 1. The van der Waals surface area contributed by atoms with E-state index in [1.165, 1.54) is 0 Å². The van der Waals surface area contributed by atoms with Crippen molar-refractivity contribution in [3.63, 3.8) is 0 Å². The SMILES string of the molecule is C[C@H](NC(=O)CCNc1ncccn1)c1cccs1. The van der Waals surface area contributed by atoms with Crippen molar-refractivity contribution in [2.75, 3.05) is 11.9 Å². The first-order chi connectivity index (χ1) is 9.25. The molecule has 0 spiro atoms. The summed E-state index contributed by atoms with van der Waals surface area (Å²) in [5, 5.41) is 7.97. The lowest BCUT2D eigenvalue weighted by Crippen LogP contribution is -2.27. The number of nitrogens with zero attached hydrogens (tertiary/aromatic N) is 2. The smallest absolute Gasteiger partial charge is 0.222 e. The summed E-state index contributed by atoms with van der Waals surface area (Å²) < 4.78 is 0. The van der Waals surface area contributed by atoms with Crippen molar-refractivity contribution < 1.29 is 4.79 Å². The summed E-state index contributed by atoms with van der Waals surface area (Å²) in [6.45, 7) is 2.50. The third-order valence-electron chi connectivity index (χ3n) is 2.55. The van der Waals surface area contributed by atoms with Crippen LogP contribution in [0.25, 0.3) is 0 Å². The van der Waals surface area contributed by atoms with E-state index in [2.05, 4.69) is 20.6 Å².